The standard InChI is InChI=1S/C18H18O3/c1-3-21-18(19)13-16(14-9-5-4-6-10-14)15-11-7-8-12-17(15)20-2/h4-13H,3H2,1-2H3. The van der Waals surface area contributed by atoms with Gasteiger partial charge in [0, 0.05) is 11.6 Å². The van der Waals surface area contributed by atoms with Crippen molar-refractivity contribution in [2.24, 2.45) is 0 Å². The van der Waals surface area contributed by atoms with E-state index in [1.165, 1.54) is 6.08 Å². The largest absolute Gasteiger partial charge is 0.496 e. The lowest BCUT2D eigenvalue weighted by Gasteiger charge is -2.12. The summed E-state index contributed by atoms with van der Waals surface area (Å²) in [7, 11) is 1.62. The Bertz CT molecular complexity index is 630. The van der Waals surface area contributed by atoms with Crippen LogP contribution < -0.4 is 4.74 Å². The molecule has 0 bridgehead atoms. The molecule has 3 heteroatoms. The van der Waals surface area contributed by atoms with Gasteiger partial charge in [-0.15, -0.1) is 0 Å². The fourth-order valence-corrected chi connectivity index (χ4v) is 2.10. The van der Waals surface area contributed by atoms with E-state index < -0.39 is 0 Å². The molecule has 0 aliphatic heterocycles. The zero-order valence-corrected chi connectivity index (χ0v) is 12.2. The van der Waals surface area contributed by atoms with Crippen molar-refractivity contribution in [2.75, 3.05) is 13.7 Å². The van der Waals surface area contributed by atoms with Crippen molar-refractivity contribution in [3.05, 3.63) is 71.8 Å². The lowest BCUT2D eigenvalue weighted by molar-refractivity contribution is -0.137. The van der Waals surface area contributed by atoms with Crippen molar-refractivity contribution in [1.29, 1.82) is 0 Å². The highest BCUT2D eigenvalue weighted by atomic mass is 16.5. The van der Waals surface area contributed by atoms with Gasteiger partial charge in [-0.3, -0.25) is 0 Å². The van der Waals surface area contributed by atoms with Crippen molar-refractivity contribution in [3.63, 3.8) is 0 Å². The Morgan fingerprint density at radius 3 is 2.38 bits per heavy atom. The van der Waals surface area contributed by atoms with Gasteiger partial charge >= 0.3 is 5.97 Å². The molecule has 2 aromatic carbocycles. The van der Waals surface area contributed by atoms with Gasteiger partial charge in [0.05, 0.1) is 13.7 Å². The normalized spacial score (nSPS) is 11.0. The van der Waals surface area contributed by atoms with Gasteiger partial charge in [0.1, 0.15) is 5.75 Å². The van der Waals surface area contributed by atoms with Crippen LogP contribution in [-0.4, -0.2) is 19.7 Å². The van der Waals surface area contributed by atoms with Crippen LogP contribution in [0, 0.1) is 0 Å². The number of carbonyl (C=O) groups excluding carboxylic acids is 1. The van der Waals surface area contributed by atoms with Gasteiger partial charge in [-0.2, -0.15) is 0 Å². The molecule has 21 heavy (non-hydrogen) atoms. The fourth-order valence-electron chi connectivity index (χ4n) is 2.10. The first-order valence-corrected chi connectivity index (χ1v) is 6.83. The summed E-state index contributed by atoms with van der Waals surface area (Å²) in [6.07, 6.45) is 1.51. The average Bonchev–Trinajstić information content (AvgIpc) is 2.54. The van der Waals surface area contributed by atoms with E-state index in [2.05, 4.69) is 0 Å². The van der Waals surface area contributed by atoms with E-state index in [0.717, 1.165) is 22.4 Å². The fraction of sp³-hybridized carbons (Fsp3) is 0.167. The van der Waals surface area contributed by atoms with Crippen LogP contribution in [0.4, 0.5) is 0 Å². The highest BCUT2D eigenvalue weighted by Crippen LogP contribution is 2.30. The Kier molecular flexibility index (Phi) is 5.16. The van der Waals surface area contributed by atoms with Crippen LogP contribution in [0.5, 0.6) is 5.75 Å². The van der Waals surface area contributed by atoms with Crippen molar-refractivity contribution >= 4 is 11.5 Å². The van der Waals surface area contributed by atoms with E-state index in [1.54, 1.807) is 14.0 Å². The minimum Gasteiger partial charge on any atom is -0.496 e. The van der Waals surface area contributed by atoms with Crippen LogP contribution in [0.25, 0.3) is 5.57 Å². The number of esters is 1. The number of carbonyl (C=O) groups is 1. The summed E-state index contributed by atoms with van der Waals surface area (Å²) in [5.74, 6) is 0.360. The second kappa shape index (κ2) is 7.29. The van der Waals surface area contributed by atoms with E-state index in [-0.39, 0.29) is 5.97 Å². The number of rotatable bonds is 5. The molecule has 0 atom stereocenters. The van der Waals surface area contributed by atoms with E-state index in [1.807, 2.05) is 54.6 Å². The first-order chi connectivity index (χ1) is 10.3. The SMILES string of the molecule is CCOC(=O)C=C(c1ccccc1)c1ccccc1OC. The minimum absolute atomic E-state index is 0.351. The maximum Gasteiger partial charge on any atom is 0.331 e. The zero-order valence-electron chi connectivity index (χ0n) is 12.2. The highest BCUT2D eigenvalue weighted by molar-refractivity contribution is 5.97. The molecule has 0 radical (unpaired) electrons. The second-order valence-electron chi connectivity index (χ2n) is 4.38. The van der Waals surface area contributed by atoms with Gasteiger partial charge in [-0.05, 0) is 24.1 Å². The topological polar surface area (TPSA) is 35.5 Å². The molecule has 0 aliphatic carbocycles. The summed E-state index contributed by atoms with van der Waals surface area (Å²) in [5, 5.41) is 0. The first-order valence-electron chi connectivity index (χ1n) is 6.83. The van der Waals surface area contributed by atoms with E-state index in [4.69, 9.17) is 9.47 Å². The third-order valence-corrected chi connectivity index (χ3v) is 3.03. The van der Waals surface area contributed by atoms with Crippen molar-refractivity contribution < 1.29 is 14.3 Å². The molecule has 0 saturated heterocycles. The van der Waals surface area contributed by atoms with Crippen LogP contribution >= 0.6 is 0 Å². The molecular weight excluding hydrogens is 264 g/mol. The Hall–Kier alpha value is -2.55. The molecule has 2 rings (SSSR count). The Morgan fingerprint density at radius 1 is 1.05 bits per heavy atom. The molecule has 0 heterocycles. The van der Waals surface area contributed by atoms with Gasteiger partial charge < -0.3 is 9.47 Å². The van der Waals surface area contributed by atoms with Gasteiger partial charge in [0.25, 0.3) is 0 Å². The van der Waals surface area contributed by atoms with Gasteiger partial charge in [0.15, 0.2) is 0 Å². The number of benzene rings is 2. The van der Waals surface area contributed by atoms with E-state index in [9.17, 15) is 4.79 Å². The predicted molar refractivity (Wildman–Crippen MR) is 83.1 cm³/mol. The summed E-state index contributed by atoms with van der Waals surface area (Å²) < 4.78 is 10.4. The Morgan fingerprint density at radius 2 is 1.71 bits per heavy atom. The molecular formula is C18H18O3. The monoisotopic (exact) mass is 282 g/mol. The van der Waals surface area contributed by atoms with Crippen molar-refractivity contribution in [2.45, 2.75) is 6.92 Å². The number of hydrogen-bond acceptors (Lipinski definition) is 3. The molecule has 0 spiro atoms. The number of hydrogen-bond donors (Lipinski definition) is 0. The van der Waals surface area contributed by atoms with Gasteiger partial charge in [-0.1, -0.05) is 48.5 Å². The average molecular weight is 282 g/mol. The van der Waals surface area contributed by atoms with Crippen molar-refractivity contribution in [3.8, 4) is 5.75 Å². The second-order valence-corrected chi connectivity index (χ2v) is 4.38. The van der Waals surface area contributed by atoms with Crippen LogP contribution in [0.15, 0.2) is 60.7 Å². The maximum absolute atomic E-state index is 11.9. The Labute approximate surface area is 124 Å². The molecule has 0 N–H and O–H groups in total. The zero-order chi connectivity index (χ0) is 15.1. The maximum atomic E-state index is 11.9. The number of para-hydroxylation sites is 1. The molecule has 108 valence electrons. The highest BCUT2D eigenvalue weighted by Gasteiger charge is 2.12. The quantitative estimate of drug-likeness (QED) is 0.620. The van der Waals surface area contributed by atoms with Crippen molar-refractivity contribution in [1.82, 2.24) is 0 Å². The number of ether oxygens (including phenoxy) is 2. The molecule has 0 saturated carbocycles. The Balaban J connectivity index is 2.53. The first kappa shape index (κ1) is 14.9. The van der Waals surface area contributed by atoms with E-state index in [0.29, 0.717) is 6.61 Å². The molecule has 0 fully saturated rings. The lowest BCUT2D eigenvalue weighted by Crippen LogP contribution is -2.02. The van der Waals surface area contributed by atoms with Crippen LogP contribution in [0.3, 0.4) is 0 Å². The predicted octanol–water partition coefficient (Wildman–Crippen LogP) is 3.69. The lowest BCUT2D eigenvalue weighted by atomic mass is 9.97. The van der Waals surface area contributed by atoms with Crippen LogP contribution in [0.2, 0.25) is 0 Å². The van der Waals surface area contributed by atoms with E-state index >= 15 is 0 Å². The third-order valence-electron chi connectivity index (χ3n) is 3.03. The molecule has 0 amide bonds. The summed E-state index contributed by atoms with van der Waals surface area (Å²) in [6, 6.07) is 17.3. The smallest absolute Gasteiger partial charge is 0.331 e. The summed E-state index contributed by atoms with van der Waals surface area (Å²) in [5.41, 5.74) is 2.58. The third kappa shape index (κ3) is 3.72. The van der Waals surface area contributed by atoms with Gasteiger partial charge in [0.2, 0.25) is 0 Å². The molecule has 0 aliphatic rings. The van der Waals surface area contributed by atoms with Gasteiger partial charge in [-0.25, -0.2) is 4.79 Å². The molecule has 2 aromatic rings. The summed E-state index contributed by atoms with van der Waals surface area (Å²) in [6.45, 7) is 2.14. The summed E-state index contributed by atoms with van der Waals surface area (Å²) in [4.78, 5) is 11.9. The number of methoxy groups -OCH3 is 1. The van der Waals surface area contributed by atoms with Crippen LogP contribution in [-0.2, 0) is 9.53 Å². The molecule has 3 nitrogen and oxygen atoms in total. The molecule has 0 aromatic heterocycles. The van der Waals surface area contributed by atoms with Crippen LogP contribution in [0.1, 0.15) is 18.1 Å². The minimum atomic E-state index is -0.359. The summed E-state index contributed by atoms with van der Waals surface area (Å²) >= 11 is 0. The molecule has 0 unspecified atom stereocenters.